The summed E-state index contributed by atoms with van der Waals surface area (Å²) >= 11 is 0. The molecule has 1 saturated heterocycles. The Kier molecular flexibility index (Phi) is 4.93. The Morgan fingerprint density at radius 2 is 1.91 bits per heavy atom. The van der Waals surface area contributed by atoms with Crippen molar-refractivity contribution in [2.45, 2.75) is 69.2 Å². The predicted octanol–water partition coefficient (Wildman–Crippen LogP) is 2.59. The summed E-state index contributed by atoms with van der Waals surface area (Å²) in [5.74, 6) is 0. The SMILES string of the molecule is CNS(=O)(=O)c1cccc([C@H](C)N[C@@H]2CC(C)(C)OC2(C)C)c1. The number of rotatable bonds is 5. The largest absolute Gasteiger partial charge is 0.368 e. The monoisotopic (exact) mass is 340 g/mol. The first-order valence-corrected chi connectivity index (χ1v) is 9.45. The van der Waals surface area contributed by atoms with E-state index in [1.54, 1.807) is 18.2 Å². The zero-order valence-corrected chi connectivity index (χ0v) is 15.6. The van der Waals surface area contributed by atoms with Crippen LogP contribution >= 0.6 is 0 Å². The second-order valence-corrected chi connectivity index (χ2v) is 9.28. The van der Waals surface area contributed by atoms with Crippen molar-refractivity contribution in [2.75, 3.05) is 7.05 Å². The van der Waals surface area contributed by atoms with E-state index in [1.807, 2.05) is 13.0 Å². The van der Waals surface area contributed by atoms with Crippen LogP contribution in [0.5, 0.6) is 0 Å². The second kappa shape index (κ2) is 6.16. The Morgan fingerprint density at radius 1 is 1.26 bits per heavy atom. The number of hydrogen-bond acceptors (Lipinski definition) is 4. The summed E-state index contributed by atoms with van der Waals surface area (Å²) in [6.07, 6.45) is 0.916. The topological polar surface area (TPSA) is 67.4 Å². The van der Waals surface area contributed by atoms with Gasteiger partial charge >= 0.3 is 0 Å². The average molecular weight is 340 g/mol. The summed E-state index contributed by atoms with van der Waals surface area (Å²) in [4.78, 5) is 0.286. The van der Waals surface area contributed by atoms with E-state index in [4.69, 9.17) is 4.74 Å². The van der Waals surface area contributed by atoms with Crippen LogP contribution in [0.4, 0.5) is 0 Å². The van der Waals surface area contributed by atoms with E-state index in [2.05, 4.69) is 37.7 Å². The van der Waals surface area contributed by atoms with Crippen molar-refractivity contribution in [1.29, 1.82) is 0 Å². The van der Waals surface area contributed by atoms with Crippen molar-refractivity contribution in [3.05, 3.63) is 29.8 Å². The van der Waals surface area contributed by atoms with E-state index < -0.39 is 10.0 Å². The highest BCUT2D eigenvalue weighted by atomic mass is 32.2. The number of benzene rings is 1. The molecule has 130 valence electrons. The molecule has 0 unspecified atom stereocenters. The summed E-state index contributed by atoms with van der Waals surface area (Å²) in [7, 11) is -2.00. The lowest BCUT2D eigenvalue weighted by Crippen LogP contribution is -2.44. The standard InChI is InChI=1S/C17H28N2O3S/c1-12(19-15-11-16(2,3)22-17(15,4)5)13-8-7-9-14(10-13)23(20,21)18-6/h7-10,12,15,18-19H,11H2,1-6H3/t12-,15+/m0/s1. The fraction of sp³-hybridized carbons (Fsp3) is 0.647. The zero-order chi connectivity index (χ0) is 17.5. The Labute approximate surface area is 139 Å². The summed E-state index contributed by atoms with van der Waals surface area (Å²) in [6, 6.07) is 7.28. The fourth-order valence-electron chi connectivity index (χ4n) is 3.29. The molecule has 0 aromatic heterocycles. The Balaban J connectivity index is 2.19. The number of nitrogens with one attached hydrogen (secondary N) is 2. The molecule has 5 nitrogen and oxygen atoms in total. The van der Waals surface area contributed by atoms with Crippen molar-refractivity contribution in [1.82, 2.24) is 10.0 Å². The van der Waals surface area contributed by atoms with Gasteiger partial charge in [-0.15, -0.1) is 0 Å². The first-order valence-electron chi connectivity index (χ1n) is 7.97. The van der Waals surface area contributed by atoms with Crippen LogP contribution in [0, 0.1) is 0 Å². The van der Waals surface area contributed by atoms with Crippen molar-refractivity contribution < 1.29 is 13.2 Å². The van der Waals surface area contributed by atoms with Gasteiger partial charge in [-0.1, -0.05) is 12.1 Å². The number of hydrogen-bond donors (Lipinski definition) is 2. The van der Waals surface area contributed by atoms with Crippen LogP contribution in [0.2, 0.25) is 0 Å². The minimum Gasteiger partial charge on any atom is -0.368 e. The summed E-state index contributed by atoms with van der Waals surface area (Å²) in [5, 5.41) is 3.60. The molecular formula is C17H28N2O3S. The molecular weight excluding hydrogens is 312 g/mol. The third-order valence-electron chi connectivity index (χ3n) is 4.46. The van der Waals surface area contributed by atoms with Gasteiger partial charge in [0, 0.05) is 12.1 Å². The molecule has 2 atom stereocenters. The van der Waals surface area contributed by atoms with Crippen LogP contribution in [-0.4, -0.2) is 32.7 Å². The lowest BCUT2D eigenvalue weighted by atomic mass is 9.93. The smallest absolute Gasteiger partial charge is 0.240 e. The Hall–Kier alpha value is -0.950. The molecule has 1 aliphatic heterocycles. The van der Waals surface area contributed by atoms with Gasteiger partial charge in [-0.3, -0.25) is 0 Å². The molecule has 0 radical (unpaired) electrons. The van der Waals surface area contributed by atoms with E-state index in [1.165, 1.54) is 7.05 Å². The Morgan fingerprint density at radius 3 is 2.43 bits per heavy atom. The van der Waals surface area contributed by atoms with Gasteiger partial charge < -0.3 is 10.1 Å². The maximum atomic E-state index is 12.0. The van der Waals surface area contributed by atoms with E-state index in [0.29, 0.717) is 0 Å². The molecule has 0 amide bonds. The van der Waals surface area contributed by atoms with Gasteiger partial charge in [0.15, 0.2) is 0 Å². The third-order valence-corrected chi connectivity index (χ3v) is 5.87. The summed E-state index contributed by atoms with van der Waals surface area (Å²) in [5.41, 5.74) is 0.534. The van der Waals surface area contributed by atoms with Crippen molar-refractivity contribution in [3.8, 4) is 0 Å². The predicted molar refractivity (Wildman–Crippen MR) is 91.9 cm³/mol. The molecule has 23 heavy (non-hydrogen) atoms. The van der Waals surface area contributed by atoms with Crippen LogP contribution in [0.25, 0.3) is 0 Å². The molecule has 1 aliphatic rings. The van der Waals surface area contributed by atoms with E-state index >= 15 is 0 Å². The lowest BCUT2D eigenvalue weighted by Gasteiger charge is -2.30. The van der Waals surface area contributed by atoms with Crippen molar-refractivity contribution >= 4 is 10.0 Å². The lowest BCUT2D eigenvalue weighted by molar-refractivity contribution is -0.0703. The molecule has 0 spiro atoms. The van der Waals surface area contributed by atoms with Crippen LogP contribution < -0.4 is 10.0 Å². The molecule has 1 aromatic rings. The molecule has 2 N–H and O–H groups in total. The first kappa shape index (κ1) is 18.4. The quantitative estimate of drug-likeness (QED) is 0.864. The second-order valence-electron chi connectivity index (χ2n) is 7.39. The fourth-order valence-corrected chi connectivity index (χ4v) is 4.07. The molecule has 0 bridgehead atoms. The van der Waals surface area contributed by atoms with E-state index in [-0.39, 0.29) is 28.2 Å². The Bertz CT molecular complexity index is 668. The molecule has 0 saturated carbocycles. The van der Waals surface area contributed by atoms with Crippen LogP contribution in [0.15, 0.2) is 29.2 Å². The van der Waals surface area contributed by atoms with E-state index in [0.717, 1.165) is 12.0 Å². The van der Waals surface area contributed by atoms with Gasteiger partial charge in [0.25, 0.3) is 0 Å². The minimum absolute atomic E-state index is 0.0313. The van der Waals surface area contributed by atoms with E-state index in [9.17, 15) is 8.42 Å². The van der Waals surface area contributed by atoms with Gasteiger partial charge in [-0.2, -0.15) is 0 Å². The summed E-state index contributed by atoms with van der Waals surface area (Å²) in [6.45, 7) is 10.4. The third kappa shape index (κ3) is 4.12. The van der Waals surface area contributed by atoms with Crippen LogP contribution in [0.1, 0.15) is 52.6 Å². The highest BCUT2D eigenvalue weighted by Crippen LogP contribution is 2.38. The van der Waals surface area contributed by atoms with Crippen LogP contribution in [0.3, 0.4) is 0 Å². The van der Waals surface area contributed by atoms with Gasteiger partial charge in [-0.25, -0.2) is 13.1 Å². The molecule has 1 heterocycles. The molecule has 0 aliphatic carbocycles. The summed E-state index contributed by atoms with van der Waals surface area (Å²) < 4.78 is 32.4. The first-order chi connectivity index (χ1) is 10.5. The molecule has 2 rings (SSSR count). The molecule has 1 aromatic carbocycles. The van der Waals surface area contributed by atoms with Crippen molar-refractivity contribution in [2.24, 2.45) is 0 Å². The van der Waals surface area contributed by atoms with Gasteiger partial charge in [0.1, 0.15) is 0 Å². The van der Waals surface area contributed by atoms with Gasteiger partial charge in [-0.05, 0) is 65.8 Å². The number of sulfonamides is 1. The normalized spacial score (nSPS) is 24.5. The highest BCUT2D eigenvalue weighted by Gasteiger charge is 2.46. The zero-order valence-electron chi connectivity index (χ0n) is 14.8. The molecule has 6 heteroatoms. The van der Waals surface area contributed by atoms with Crippen molar-refractivity contribution in [3.63, 3.8) is 0 Å². The van der Waals surface area contributed by atoms with Crippen LogP contribution in [-0.2, 0) is 14.8 Å². The van der Waals surface area contributed by atoms with Gasteiger partial charge in [0.05, 0.1) is 16.1 Å². The minimum atomic E-state index is -3.43. The number of ether oxygens (including phenoxy) is 1. The maximum Gasteiger partial charge on any atom is 0.240 e. The average Bonchev–Trinajstić information content (AvgIpc) is 2.66. The highest BCUT2D eigenvalue weighted by molar-refractivity contribution is 7.89. The molecule has 1 fully saturated rings. The maximum absolute atomic E-state index is 12.0. The van der Waals surface area contributed by atoms with Gasteiger partial charge in [0.2, 0.25) is 10.0 Å².